The summed E-state index contributed by atoms with van der Waals surface area (Å²) in [4.78, 5) is 31.8. The van der Waals surface area contributed by atoms with Crippen molar-refractivity contribution in [2.45, 2.75) is 26.4 Å². The van der Waals surface area contributed by atoms with Gasteiger partial charge in [0.1, 0.15) is 11.7 Å². The number of aromatic nitrogens is 1. The van der Waals surface area contributed by atoms with E-state index < -0.39 is 21.4 Å². The molecule has 0 aliphatic carbocycles. The van der Waals surface area contributed by atoms with E-state index in [1.807, 2.05) is 0 Å². The SMILES string of the molecule is CC(=O)OC(C)(C)c1cc[n+](-c2ccc([N+](=O)[O-])cc2[N+](=O)[O-])cc1. The number of carbonyl (C=O) groups is 1. The van der Waals surface area contributed by atoms with Gasteiger partial charge in [-0.3, -0.25) is 25.0 Å². The van der Waals surface area contributed by atoms with Crippen molar-refractivity contribution in [1.29, 1.82) is 0 Å². The van der Waals surface area contributed by atoms with Crippen LogP contribution in [0.15, 0.2) is 42.7 Å². The second kappa shape index (κ2) is 6.63. The molecule has 25 heavy (non-hydrogen) atoms. The molecule has 2 rings (SSSR count). The average molecular weight is 346 g/mol. The number of non-ortho nitro benzene ring substituents is 1. The topological polar surface area (TPSA) is 116 Å². The van der Waals surface area contributed by atoms with Gasteiger partial charge >= 0.3 is 11.7 Å². The molecular formula is C16H16N3O6+. The fraction of sp³-hybridized carbons (Fsp3) is 0.250. The number of nitro groups is 2. The molecule has 0 unspecified atom stereocenters. The van der Waals surface area contributed by atoms with Crippen LogP contribution >= 0.6 is 0 Å². The van der Waals surface area contributed by atoms with Crippen LogP contribution < -0.4 is 4.57 Å². The van der Waals surface area contributed by atoms with Gasteiger partial charge in [0.05, 0.1) is 9.85 Å². The second-order valence-electron chi connectivity index (χ2n) is 5.79. The van der Waals surface area contributed by atoms with Crippen LogP contribution in [-0.2, 0) is 15.1 Å². The van der Waals surface area contributed by atoms with Crippen LogP contribution in [0, 0.1) is 20.2 Å². The average Bonchev–Trinajstić information content (AvgIpc) is 2.53. The Morgan fingerprint density at radius 1 is 1.08 bits per heavy atom. The van der Waals surface area contributed by atoms with Gasteiger partial charge in [-0.15, -0.1) is 0 Å². The van der Waals surface area contributed by atoms with Gasteiger partial charge in [0.25, 0.3) is 11.4 Å². The molecular weight excluding hydrogens is 330 g/mol. The molecule has 0 spiro atoms. The maximum atomic E-state index is 11.2. The third kappa shape index (κ3) is 3.94. The van der Waals surface area contributed by atoms with E-state index in [0.29, 0.717) is 5.56 Å². The Labute approximate surface area is 142 Å². The van der Waals surface area contributed by atoms with Crippen molar-refractivity contribution in [3.05, 3.63) is 68.5 Å². The van der Waals surface area contributed by atoms with Gasteiger partial charge in [-0.25, -0.2) is 0 Å². The number of hydrogen-bond donors (Lipinski definition) is 0. The minimum Gasteiger partial charge on any atom is -0.455 e. The summed E-state index contributed by atoms with van der Waals surface area (Å²) in [5.74, 6) is -0.423. The first-order valence-electron chi connectivity index (χ1n) is 7.26. The molecule has 0 fully saturated rings. The van der Waals surface area contributed by atoms with Crippen LogP contribution in [0.1, 0.15) is 26.3 Å². The first-order valence-corrected chi connectivity index (χ1v) is 7.26. The Balaban J connectivity index is 2.45. The zero-order valence-corrected chi connectivity index (χ0v) is 13.8. The van der Waals surface area contributed by atoms with E-state index in [0.717, 1.165) is 6.07 Å². The number of nitro benzene ring substituents is 2. The Kier molecular flexibility index (Phi) is 4.77. The van der Waals surface area contributed by atoms with Crippen molar-refractivity contribution < 1.29 is 23.9 Å². The highest BCUT2D eigenvalue weighted by molar-refractivity contribution is 5.66. The number of benzene rings is 1. The normalized spacial score (nSPS) is 11.0. The summed E-state index contributed by atoms with van der Waals surface area (Å²) >= 11 is 0. The quantitative estimate of drug-likeness (QED) is 0.355. The molecule has 0 aliphatic heterocycles. The molecule has 0 amide bonds. The minimum atomic E-state index is -0.855. The molecule has 0 radical (unpaired) electrons. The smallest absolute Gasteiger partial charge is 0.347 e. The minimum absolute atomic E-state index is 0.187. The summed E-state index contributed by atoms with van der Waals surface area (Å²) in [6, 6.07) is 6.75. The fourth-order valence-corrected chi connectivity index (χ4v) is 2.40. The van der Waals surface area contributed by atoms with E-state index in [2.05, 4.69) is 0 Å². The first kappa shape index (κ1) is 18.0. The second-order valence-corrected chi connectivity index (χ2v) is 5.79. The number of ether oxygens (including phenoxy) is 1. The lowest BCUT2D eigenvalue weighted by Gasteiger charge is -2.24. The number of esters is 1. The highest BCUT2D eigenvalue weighted by Crippen LogP contribution is 2.26. The summed E-state index contributed by atoms with van der Waals surface area (Å²) in [6.45, 7) is 4.76. The molecule has 9 heteroatoms. The van der Waals surface area contributed by atoms with Crippen molar-refractivity contribution in [2.75, 3.05) is 0 Å². The van der Waals surface area contributed by atoms with E-state index >= 15 is 0 Å². The van der Waals surface area contributed by atoms with Crippen LogP contribution in [0.2, 0.25) is 0 Å². The molecule has 0 saturated heterocycles. The van der Waals surface area contributed by atoms with Gasteiger partial charge in [0.2, 0.25) is 0 Å². The lowest BCUT2D eigenvalue weighted by molar-refractivity contribution is -0.601. The van der Waals surface area contributed by atoms with Gasteiger partial charge in [-0.1, -0.05) is 0 Å². The van der Waals surface area contributed by atoms with E-state index in [1.165, 1.54) is 23.6 Å². The van der Waals surface area contributed by atoms with E-state index in [-0.39, 0.29) is 17.1 Å². The molecule has 2 aromatic rings. The maximum absolute atomic E-state index is 11.2. The summed E-state index contributed by atoms with van der Waals surface area (Å²) in [6.07, 6.45) is 3.13. The zero-order chi connectivity index (χ0) is 18.8. The number of rotatable bonds is 5. The van der Waals surface area contributed by atoms with Gasteiger partial charge in [0, 0.05) is 36.8 Å². The van der Waals surface area contributed by atoms with Crippen LogP contribution in [-0.4, -0.2) is 15.8 Å². The van der Waals surface area contributed by atoms with Crippen molar-refractivity contribution in [3.63, 3.8) is 0 Å². The van der Waals surface area contributed by atoms with E-state index in [1.54, 1.807) is 38.4 Å². The van der Waals surface area contributed by atoms with Gasteiger partial charge < -0.3 is 4.74 Å². The van der Waals surface area contributed by atoms with Crippen LogP contribution in [0.4, 0.5) is 11.4 Å². The van der Waals surface area contributed by atoms with Crippen molar-refractivity contribution in [3.8, 4) is 5.69 Å². The lowest BCUT2D eigenvalue weighted by Crippen LogP contribution is -2.32. The molecule has 1 aromatic heterocycles. The van der Waals surface area contributed by atoms with Gasteiger partial charge in [-0.05, 0) is 13.8 Å². The Morgan fingerprint density at radius 2 is 1.68 bits per heavy atom. The summed E-state index contributed by atoms with van der Waals surface area (Å²) in [5.41, 5.74) is -0.711. The van der Waals surface area contributed by atoms with Crippen LogP contribution in [0.3, 0.4) is 0 Å². The molecule has 0 N–H and O–H groups in total. The Bertz CT molecular complexity index is 845. The maximum Gasteiger partial charge on any atom is 0.347 e. The predicted octanol–water partition coefficient (Wildman–Crippen LogP) is 2.58. The molecule has 130 valence electrons. The fourth-order valence-electron chi connectivity index (χ4n) is 2.40. The molecule has 0 saturated carbocycles. The molecule has 9 nitrogen and oxygen atoms in total. The largest absolute Gasteiger partial charge is 0.455 e. The van der Waals surface area contributed by atoms with Crippen molar-refractivity contribution in [2.24, 2.45) is 0 Å². The van der Waals surface area contributed by atoms with Crippen LogP contribution in [0.25, 0.3) is 5.69 Å². The number of carbonyl (C=O) groups excluding carboxylic acids is 1. The first-order chi connectivity index (χ1) is 11.6. The molecule has 0 atom stereocenters. The highest BCUT2D eigenvalue weighted by atomic mass is 16.6. The number of hydrogen-bond acceptors (Lipinski definition) is 6. The highest BCUT2D eigenvalue weighted by Gasteiger charge is 2.28. The van der Waals surface area contributed by atoms with Crippen molar-refractivity contribution in [1.82, 2.24) is 0 Å². The Morgan fingerprint density at radius 3 is 2.16 bits per heavy atom. The van der Waals surface area contributed by atoms with Gasteiger partial charge in [0.15, 0.2) is 12.4 Å². The van der Waals surface area contributed by atoms with E-state index in [4.69, 9.17) is 4.74 Å². The number of pyridine rings is 1. The van der Waals surface area contributed by atoms with Crippen LogP contribution in [0.5, 0.6) is 0 Å². The monoisotopic (exact) mass is 346 g/mol. The Hall–Kier alpha value is -3.36. The summed E-state index contributed by atoms with van der Waals surface area (Å²) in [7, 11) is 0. The van der Waals surface area contributed by atoms with Gasteiger partial charge in [-0.2, -0.15) is 4.57 Å². The molecule has 0 aliphatic rings. The number of nitrogens with zero attached hydrogens (tertiary/aromatic N) is 3. The van der Waals surface area contributed by atoms with Crippen molar-refractivity contribution >= 4 is 17.3 Å². The standard InChI is InChI=1S/C16H16N3O6/c1-11(20)25-16(2,3)12-6-8-17(9-7-12)14-5-4-13(18(21)22)10-15(14)19(23)24/h4-10H,1-3H3/q+1. The molecule has 1 heterocycles. The molecule has 0 bridgehead atoms. The molecule has 1 aromatic carbocycles. The third-order valence-electron chi connectivity index (χ3n) is 3.57. The summed E-state index contributed by atoms with van der Waals surface area (Å²) < 4.78 is 6.71. The predicted molar refractivity (Wildman–Crippen MR) is 86.1 cm³/mol. The zero-order valence-electron chi connectivity index (χ0n) is 13.8. The summed E-state index contributed by atoms with van der Waals surface area (Å²) in [5, 5.41) is 22.0. The van der Waals surface area contributed by atoms with E-state index in [9.17, 15) is 25.0 Å². The third-order valence-corrected chi connectivity index (χ3v) is 3.57. The lowest BCUT2D eigenvalue weighted by atomic mass is 9.99.